The maximum absolute atomic E-state index is 12.9. The van der Waals surface area contributed by atoms with Crippen LogP contribution in [0.4, 0.5) is 11.5 Å². The number of amides is 2. The highest BCUT2D eigenvalue weighted by Gasteiger charge is 2.37. The molecule has 2 saturated heterocycles. The molecule has 2 amide bonds. The number of piperidine rings is 2. The fraction of sp³-hybridized carbons (Fsp3) is 0.632. The minimum Gasteiger partial charge on any atom is -0.383 e. The van der Waals surface area contributed by atoms with Gasteiger partial charge in [0.25, 0.3) is 0 Å². The third-order valence-electron chi connectivity index (χ3n) is 5.62. The summed E-state index contributed by atoms with van der Waals surface area (Å²) in [6.07, 6.45) is 5.70. The third kappa shape index (κ3) is 4.15. The number of rotatable bonds is 2. The van der Waals surface area contributed by atoms with Gasteiger partial charge in [-0.15, -0.1) is 0 Å². The van der Waals surface area contributed by atoms with Crippen LogP contribution in [0.2, 0.25) is 0 Å². The molecule has 2 aliphatic heterocycles. The van der Waals surface area contributed by atoms with Crippen molar-refractivity contribution in [2.45, 2.75) is 45.6 Å². The van der Waals surface area contributed by atoms with Crippen molar-refractivity contribution in [3.05, 3.63) is 17.8 Å². The second kappa shape index (κ2) is 8.03. The predicted octanol–water partition coefficient (Wildman–Crippen LogP) is 1.54. The molecule has 2 fully saturated rings. The second-order valence-electron chi connectivity index (χ2n) is 7.68. The summed E-state index contributed by atoms with van der Waals surface area (Å²) in [6, 6.07) is 1.90. The zero-order valence-electron chi connectivity index (χ0n) is 15.6. The van der Waals surface area contributed by atoms with Gasteiger partial charge in [-0.3, -0.25) is 9.59 Å². The summed E-state index contributed by atoms with van der Waals surface area (Å²) in [6.45, 7) is 6.59. The lowest BCUT2D eigenvalue weighted by molar-refractivity contribution is -0.147. The number of carbonyl (C=O) groups is 2. The van der Waals surface area contributed by atoms with Gasteiger partial charge in [0, 0.05) is 12.6 Å². The quantitative estimate of drug-likeness (QED) is 0.696. The smallest absolute Gasteiger partial charge is 0.313 e. The Morgan fingerprint density at radius 1 is 1.27 bits per heavy atom. The molecule has 3 heterocycles. The summed E-state index contributed by atoms with van der Waals surface area (Å²) in [5, 5.41) is 6.06. The van der Waals surface area contributed by atoms with Crippen molar-refractivity contribution in [3.8, 4) is 0 Å². The average molecular weight is 359 g/mol. The number of hydrogen-bond donors (Lipinski definition) is 3. The zero-order valence-corrected chi connectivity index (χ0v) is 15.6. The number of likely N-dealkylation sites (tertiary alicyclic amines) is 1. The molecule has 2 atom stereocenters. The highest BCUT2D eigenvalue weighted by molar-refractivity contribution is 6.39. The summed E-state index contributed by atoms with van der Waals surface area (Å²) in [4.78, 5) is 31.3. The summed E-state index contributed by atoms with van der Waals surface area (Å²) in [5.41, 5.74) is 6.98. The van der Waals surface area contributed by atoms with E-state index in [9.17, 15) is 9.59 Å². The van der Waals surface area contributed by atoms with E-state index in [2.05, 4.69) is 22.5 Å². The van der Waals surface area contributed by atoms with Crippen molar-refractivity contribution in [1.29, 1.82) is 0 Å². The Hall–Kier alpha value is -2.15. The van der Waals surface area contributed by atoms with Gasteiger partial charge in [-0.2, -0.15) is 0 Å². The Morgan fingerprint density at radius 3 is 2.69 bits per heavy atom. The van der Waals surface area contributed by atoms with Crippen LogP contribution in [0, 0.1) is 18.8 Å². The number of nitrogens with one attached hydrogen (secondary N) is 2. The SMILES string of the molecule is Cc1cc(NC(=O)C(=O)N2C[C@@H](C)CC[C@@H]2C2CCNCC2)cnc1N. The normalized spacial score (nSPS) is 24.3. The summed E-state index contributed by atoms with van der Waals surface area (Å²) in [7, 11) is 0. The van der Waals surface area contributed by atoms with Gasteiger partial charge >= 0.3 is 11.8 Å². The average Bonchev–Trinajstić information content (AvgIpc) is 2.64. The molecule has 0 radical (unpaired) electrons. The molecule has 7 heteroatoms. The molecular weight excluding hydrogens is 330 g/mol. The minimum absolute atomic E-state index is 0.165. The molecule has 2 aliphatic rings. The number of nitrogens with zero attached hydrogens (tertiary/aromatic N) is 2. The maximum atomic E-state index is 12.9. The molecule has 26 heavy (non-hydrogen) atoms. The van der Waals surface area contributed by atoms with Crippen molar-refractivity contribution in [2.24, 2.45) is 11.8 Å². The van der Waals surface area contributed by atoms with Crippen LogP contribution in [0.15, 0.2) is 12.3 Å². The van der Waals surface area contributed by atoms with Gasteiger partial charge in [-0.05, 0) is 69.2 Å². The van der Waals surface area contributed by atoms with E-state index in [1.807, 2.05) is 11.8 Å². The van der Waals surface area contributed by atoms with E-state index >= 15 is 0 Å². The van der Waals surface area contributed by atoms with E-state index in [0.717, 1.165) is 44.3 Å². The van der Waals surface area contributed by atoms with Gasteiger partial charge < -0.3 is 21.3 Å². The molecule has 142 valence electrons. The van der Waals surface area contributed by atoms with Crippen LogP contribution in [0.3, 0.4) is 0 Å². The monoisotopic (exact) mass is 359 g/mol. The highest BCUT2D eigenvalue weighted by atomic mass is 16.2. The number of carbonyl (C=O) groups excluding carboxylic acids is 2. The van der Waals surface area contributed by atoms with Crippen LogP contribution in [0.25, 0.3) is 0 Å². The van der Waals surface area contributed by atoms with E-state index in [0.29, 0.717) is 29.9 Å². The molecule has 7 nitrogen and oxygen atoms in total. The lowest BCUT2D eigenvalue weighted by atomic mass is 9.82. The Morgan fingerprint density at radius 2 is 2.00 bits per heavy atom. The van der Waals surface area contributed by atoms with Crippen LogP contribution in [-0.2, 0) is 9.59 Å². The Kier molecular flexibility index (Phi) is 5.76. The lowest BCUT2D eigenvalue weighted by Crippen LogP contribution is -2.54. The van der Waals surface area contributed by atoms with E-state index in [1.165, 1.54) is 6.20 Å². The molecule has 1 aromatic rings. The Bertz CT molecular complexity index is 672. The fourth-order valence-electron chi connectivity index (χ4n) is 4.10. The van der Waals surface area contributed by atoms with Crippen LogP contribution in [0.5, 0.6) is 0 Å². The zero-order chi connectivity index (χ0) is 18.7. The first-order valence-corrected chi connectivity index (χ1v) is 9.50. The van der Waals surface area contributed by atoms with E-state index in [4.69, 9.17) is 5.73 Å². The first kappa shape index (κ1) is 18.6. The van der Waals surface area contributed by atoms with E-state index < -0.39 is 11.8 Å². The van der Waals surface area contributed by atoms with Gasteiger partial charge in [0.15, 0.2) is 0 Å². The highest BCUT2D eigenvalue weighted by Crippen LogP contribution is 2.31. The summed E-state index contributed by atoms with van der Waals surface area (Å²) < 4.78 is 0. The van der Waals surface area contributed by atoms with Gasteiger partial charge in [0.1, 0.15) is 5.82 Å². The molecule has 3 rings (SSSR count). The standard InChI is InChI=1S/C19H29N5O2/c1-12-3-4-16(14-5-7-21-8-6-14)24(11-12)19(26)18(25)23-15-9-13(2)17(20)22-10-15/h9-10,12,14,16,21H,3-8,11H2,1-2H3,(H2,20,22)(H,23,25)/t12-,16+/m0/s1. The van der Waals surface area contributed by atoms with Crippen LogP contribution in [-0.4, -0.2) is 47.4 Å². The van der Waals surface area contributed by atoms with Crippen molar-refractivity contribution < 1.29 is 9.59 Å². The van der Waals surface area contributed by atoms with Crippen molar-refractivity contribution in [3.63, 3.8) is 0 Å². The molecule has 4 N–H and O–H groups in total. The Labute approximate surface area is 154 Å². The minimum atomic E-state index is -0.594. The number of pyridine rings is 1. The van der Waals surface area contributed by atoms with Crippen molar-refractivity contribution >= 4 is 23.3 Å². The lowest BCUT2D eigenvalue weighted by Gasteiger charge is -2.43. The third-order valence-corrected chi connectivity index (χ3v) is 5.62. The molecule has 0 aromatic carbocycles. The first-order chi connectivity index (χ1) is 12.5. The van der Waals surface area contributed by atoms with Gasteiger partial charge in [-0.1, -0.05) is 6.92 Å². The number of nitrogens with two attached hydrogens (primary N) is 1. The van der Waals surface area contributed by atoms with Gasteiger partial charge in [0.2, 0.25) is 0 Å². The molecule has 0 aliphatic carbocycles. The molecule has 0 unspecified atom stereocenters. The van der Waals surface area contributed by atoms with Gasteiger partial charge in [0.05, 0.1) is 11.9 Å². The predicted molar refractivity (Wildman–Crippen MR) is 102 cm³/mol. The molecule has 0 spiro atoms. The number of nitrogen functional groups attached to an aromatic ring is 1. The second-order valence-corrected chi connectivity index (χ2v) is 7.68. The molecule has 1 aromatic heterocycles. The fourth-order valence-corrected chi connectivity index (χ4v) is 4.10. The van der Waals surface area contributed by atoms with Crippen LogP contribution < -0.4 is 16.4 Å². The van der Waals surface area contributed by atoms with Crippen LogP contribution in [0.1, 0.15) is 38.2 Å². The van der Waals surface area contributed by atoms with E-state index in [1.54, 1.807) is 6.07 Å². The number of anilines is 2. The first-order valence-electron chi connectivity index (χ1n) is 9.50. The van der Waals surface area contributed by atoms with Crippen molar-refractivity contribution in [1.82, 2.24) is 15.2 Å². The van der Waals surface area contributed by atoms with Gasteiger partial charge in [-0.25, -0.2) is 4.98 Å². The molecule has 0 saturated carbocycles. The maximum Gasteiger partial charge on any atom is 0.313 e. The molecule has 0 bridgehead atoms. The largest absolute Gasteiger partial charge is 0.383 e. The van der Waals surface area contributed by atoms with Crippen molar-refractivity contribution in [2.75, 3.05) is 30.7 Å². The summed E-state index contributed by atoms with van der Waals surface area (Å²) >= 11 is 0. The number of aromatic nitrogens is 1. The summed E-state index contributed by atoms with van der Waals surface area (Å²) in [5.74, 6) is 0.287. The number of hydrogen-bond acceptors (Lipinski definition) is 5. The number of aryl methyl sites for hydroxylation is 1. The Balaban J connectivity index is 1.71. The topological polar surface area (TPSA) is 100 Å². The van der Waals surface area contributed by atoms with Crippen LogP contribution >= 0.6 is 0 Å². The molecular formula is C19H29N5O2. The van der Waals surface area contributed by atoms with E-state index in [-0.39, 0.29) is 6.04 Å².